The van der Waals surface area contributed by atoms with Crippen molar-refractivity contribution in [1.82, 2.24) is 9.88 Å². The highest BCUT2D eigenvalue weighted by Crippen LogP contribution is 2.22. The van der Waals surface area contributed by atoms with Crippen LogP contribution in [0.2, 0.25) is 0 Å². The average Bonchev–Trinajstić information content (AvgIpc) is 2.82. The molecule has 3 rings (SSSR count). The number of benzene rings is 1. The second-order valence-corrected chi connectivity index (χ2v) is 6.85. The van der Waals surface area contributed by atoms with Crippen LogP contribution in [-0.4, -0.2) is 41.3 Å². The van der Waals surface area contributed by atoms with Crippen molar-refractivity contribution in [2.75, 3.05) is 20.1 Å². The van der Waals surface area contributed by atoms with Crippen molar-refractivity contribution in [3.05, 3.63) is 36.0 Å². The number of rotatable bonds is 3. The van der Waals surface area contributed by atoms with E-state index in [-0.39, 0.29) is 5.54 Å². The summed E-state index contributed by atoms with van der Waals surface area (Å²) in [7, 11) is 2.19. The summed E-state index contributed by atoms with van der Waals surface area (Å²) in [6.07, 6.45) is 3.19. The van der Waals surface area contributed by atoms with Crippen LogP contribution in [0, 0.1) is 0 Å². The summed E-state index contributed by atoms with van der Waals surface area (Å²) < 4.78 is 0. The zero-order valence-electron chi connectivity index (χ0n) is 13.3. The average molecular weight is 283 g/mol. The first-order chi connectivity index (χ1) is 10.0. The van der Waals surface area contributed by atoms with Gasteiger partial charge in [-0.05, 0) is 51.3 Å². The van der Waals surface area contributed by atoms with Gasteiger partial charge in [0.15, 0.2) is 0 Å². The fraction of sp³-hybridized carbons (Fsp3) is 0.500. The maximum Gasteiger partial charge on any atom is 0.0605 e. The number of piperidine rings is 1. The van der Waals surface area contributed by atoms with Crippen LogP contribution in [0.5, 0.6) is 0 Å². The molecule has 1 aromatic carbocycles. The Hall–Kier alpha value is -1.61. The summed E-state index contributed by atoms with van der Waals surface area (Å²) in [6, 6.07) is 10.7. The van der Waals surface area contributed by atoms with Crippen LogP contribution in [0.3, 0.4) is 0 Å². The van der Waals surface area contributed by atoms with Gasteiger partial charge >= 0.3 is 0 Å². The van der Waals surface area contributed by atoms with E-state index in [1.54, 1.807) is 0 Å². The fourth-order valence-electron chi connectivity index (χ4n) is 3.15. The van der Waals surface area contributed by atoms with Crippen LogP contribution in [0.25, 0.3) is 10.9 Å². The van der Waals surface area contributed by atoms with Crippen LogP contribution in [0.15, 0.2) is 35.3 Å². The maximum absolute atomic E-state index is 5.04. The summed E-state index contributed by atoms with van der Waals surface area (Å²) in [5.74, 6) is 0. The number of H-pyrrole nitrogens is 1. The molecule has 0 spiro atoms. The van der Waals surface area contributed by atoms with E-state index >= 15 is 0 Å². The molecule has 0 radical (unpaired) electrons. The van der Waals surface area contributed by atoms with E-state index in [4.69, 9.17) is 4.99 Å². The highest BCUT2D eigenvalue weighted by Gasteiger charge is 2.21. The Balaban J connectivity index is 1.74. The van der Waals surface area contributed by atoms with E-state index in [2.05, 4.69) is 61.1 Å². The molecule has 1 aliphatic rings. The van der Waals surface area contributed by atoms with E-state index in [0.29, 0.717) is 0 Å². The van der Waals surface area contributed by atoms with Gasteiger partial charge in [-0.3, -0.25) is 4.99 Å². The Morgan fingerprint density at radius 2 is 1.90 bits per heavy atom. The van der Waals surface area contributed by atoms with Gasteiger partial charge in [0.1, 0.15) is 0 Å². The second-order valence-electron chi connectivity index (χ2n) is 6.85. The van der Waals surface area contributed by atoms with E-state index < -0.39 is 0 Å². The molecule has 0 saturated carbocycles. The number of para-hydroxylation sites is 1. The standard InChI is InChI=1S/C18H25N3/c1-18(2,20-15-8-10-21(3)11-9-15)13-16-12-14-6-4-5-7-17(14)19-16/h4-7,12,19H,8-11,13H2,1-3H3. The van der Waals surface area contributed by atoms with Crippen molar-refractivity contribution >= 4 is 16.6 Å². The topological polar surface area (TPSA) is 31.4 Å². The molecule has 1 N–H and O–H groups in total. The Kier molecular flexibility index (Phi) is 3.85. The number of hydrogen-bond acceptors (Lipinski definition) is 2. The second kappa shape index (κ2) is 5.64. The number of aliphatic imine (C=N–C) groups is 1. The molecule has 2 heterocycles. The lowest BCUT2D eigenvalue weighted by Crippen LogP contribution is -2.32. The Bertz CT molecular complexity index is 608. The van der Waals surface area contributed by atoms with Crippen molar-refractivity contribution in [3.63, 3.8) is 0 Å². The molecule has 21 heavy (non-hydrogen) atoms. The first kappa shape index (κ1) is 14.3. The fourth-order valence-corrected chi connectivity index (χ4v) is 3.15. The molecule has 1 aromatic heterocycles. The summed E-state index contributed by atoms with van der Waals surface area (Å²) in [5, 5.41) is 1.29. The van der Waals surface area contributed by atoms with Crippen LogP contribution < -0.4 is 0 Å². The molecule has 0 amide bonds. The highest BCUT2D eigenvalue weighted by atomic mass is 15.1. The molecular formula is C18H25N3. The van der Waals surface area contributed by atoms with Gasteiger partial charge in [0.05, 0.1) is 5.54 Å². The zero-order valence-corrected chi connectivity index (χ0v) is 13.3. The molecule has 3 heteroatoms. The van der Waals surface area contributed by atoms with Gasteiger partial charge in [-0.2, -0.15) is 0 Å². The third-order valence-electron chi connectivity index (χ3n) is 4.23. The van der Waals surface area contributed by atoms with Crippen molar-refractivity contribution < 1.29 is 0 Å². The molecule has 0 aliphatic carbocycles. The number of nitrogens with zero attached hydrogens (tertiary/aromatic N) is 2. The molecule has 0 atom stereocenters. The Labute approximate surface area is 127 Å². The molecule has 1 saturated heterocycles. The first-order valence-corrected chi connectivity index (χ1v) is 7.85. The highest BCUT2D eigenvalue weighted by molar-refractivity contribution is 5.86. The predicted octanol–water partition coefficient (Wildman–Crippen LogP) is 3.66. The molecule has 2 aromatic rings. The van der Waals surface area contributed by atoms with Crippen molar-refractivity contribution in [2.24, 2.45) is 4.99 Å². The van der Waals surface area contributed by atoms with Gasteiger partial charge in [-0.1, -0.05) is 18.2 Å². The van der Waals surface area contributed by atoms with Gasteiger partial charge < -0.3 is 9.88 Å². The number of hydrogen-bond donors (Lipinski definition) is 1. The van der Waals surface area contributed by atoms with Gasteiger partial charge in [0, 0.05) is 36.4 Å². The minimum Gasteiger partial charge on any atom is -0.358 e. The molecule has 112 valence electrons. The molecule has 0 bridgehead atoms. The lowest BCUT2D eigenvalue weighted by atomic mass is 9.97. The van der Waals surface area contributed by atoms with E-state index in [9.17, 15) is 0 Å². The number of aromatic nitrogens is 1. The van der Waals surface area contributed by atoms with E-state index in [0.717, 1.165) is 32.4 Å². The zero-order chi connectivity index (χ0) is 14.9. The first-order valence-electron chi connectivity index (χ1n) is 7.85. The monoisotopic (exact) mass is 283 g/mol. The van der Waals surface area contributed by atoms with Gasteiger partial charge in [0.25, 0.3) is 0 Å². The van der Waals surface area contributed by atoms with Gasteiger partial charge in [0.2, 0.25) is 0 Å². The summed E-state index contributed by atoms with van der Waals surface area (Å²) >= 11 is 0. The summed E-state index contributed by atoms with van der Waals surface area (Å²) in [4.78, 5) is 10.9. The van der Waals surface area contributed by atoms with Crippen molar-refractivity contribution in [3.8, 4) is 0 Å². The number of likely N-dealkylation sites (tertiary alicyclic amines) is 1. The third kappa shape index (κ3) is 3.53. The minimum absolute atomic E-state index is 0.0356. The summed E-state index contributed by atoms with van der Waals surface area (Å²) in [5.41, 5.74) is 3.84. The number of aromatic amines is 1. The van der Waals surface area contributed by atoms with Crippen LogP contribution in [0.1, 0.15) is 32.4 Å². The molecule has 1 aliphatic heterocycles. The summed E-state index contributed by atoms with van der Waals surface area (Å²) in [6.45, 7) is 6.76. The largest absolute Gasteiger partial charge is 0.358 e. The maximum atomic E-state index is 5.04. The normalized spacial score (nSPS) is 17.4. The smallest absolute Gasteiger partial charge is 0.0605 e. The lowest BCUT2D eigenvalue weighted by molar-refractivity contribution is 0.333. The third-order valence-corrected chi connectivity index (χ3v) is 4.23. The van der Waals surface area contributed by atoms with Crippen molar-refractivity contribution in [1.29, 1.82) is 0 Å². The van der Waals surface area contributed by atoms with Crippen LogP contribution in [0.4, 0.5) is 0 Å². The minimum atomic E-state index is -0.0356. The molecule has 0 unspecified atom stereocenters. The van der Waals surface area contributed by atoms with Gasteiger partial charge in [-0.15, -0.1) is 0 Å². The van der Waals surface area contributed by atoms with Crippen LogP contribution >= 0.6 is 0 Å². The Morgan fingerprint density at radius 3 is 2.62 bits per heavy atom. The quantitative estimate of drug-likeness (QED) is 0.916. The Morgan fingerprint density at radius 1 is 1.19 bits per heavy atom. The molecule has 1 fully saturated rings. The van der Waals surface area contributed by atoms with E-state index in [1.807, 2.05) is 0 Å². The van der Waals surface area contributed by atoms with Crippen molar-refractivity contribution in [2.45, 2.75) is 38.6 Å². The van der Waals surface area contributed by atoms with E-state index in [1.165, 1.54) is 22.3 Å². The SMILES string of the molecule is CN1CCC(=NC(C)(C)Cc2cc3ccccc3[nH]2)CC1. The predicted molar refractivity (Wildman–Crippen MR) is 90.2 cm³/mol. The molecular weight excluding hydrogens is 258 g/mol. The number of fused-ring (bicyclic) bond motifs is 1. The van der Waals surface area contributed by atoms with Crippen LogP contribution in [-0.2, 0) is 6.42 Å². The number of nitrogens with one attached hydrogen (secondary N) is 1. The van der Waals surface area contributed by atoms with Gasteiger partial charge in [-0.25, -0.2) is 0 Å². The lowest BCUT2D eigenvalue weighted by Gasteiger charge is -2.27. The molecule has 3 nitrogen and oxygen atoms in total.